The minimum atomic E-state index is -0.764. The number of piperidine rings is 1. The molecule has 0 spiro atoms. The van der Waals surface area contributed by atoms with Crippen molar-refractivity contribution >= 4 is 34.3 Å². The number of hydrogen-bond donors (Lipinski definition) is 1. The van der Waals surface area contributed by atoms with Crippen LogP contribution in [0.3, 0.4) is 0 Å². The number of amides is 2. The second-order valence-electron chi connectivity index (χ2n) is 7.49. The first-order valence-electron chi connectivity index (χ1n) is 10.0. The molecule has 1 aliphatic heterocycles. The maximum absolute atomic E-state index is 13.1. The first-order valence-corrected chi connectivity index (χ1v) is 11.0. The zero-order chi connectivity index (χ0) is 21.4. The monoisotopic (exact) mass is 428 g/mol. The molecule has 3 aromatic heterocycles. The Bertz CT molecular complexity index is 1160. The van der Waals surface area contributed by atoms with E-state index in [1.165, 1.54) is 20.5 Å². The fourth-order valence-corrected chi connectivity index (χ4v) is 4.67. The van der Waals surface area contributed by atoms with Crippen LogP contribution in [0.2, 0.25) is 0 Å². The van der Waals surface area contributed by atoms with Gasteiger partial charge in [-0.25, -0.2) is 14.8 Å². The summed E-state index contributed by atoms with van der Waals surface area (Å²) < 4.78 is 2.74. The van der Waals surface area contributed by atoms with Gasteiger partial charge >= 0.3 is 5.69 Å². The molecule has 0 radical (unpaired) electrons. The molecule has 10 heteroatoms. The molecule has 1 fully saturated rings. The average Bonchev–Trinajstić information content (AvgIpc) is 3.35. The van der Waals surface area contributed by atoms with Crippen LogP contribution < -0.4 is 11.4 Å². The molecule has 1 saturated heterocycles. The second kappa shape index (κ2) is 8.02. The summed E-state index contributed by atoms with van der Waals surface area (Å²) in [6, 6.07) is 1.96. The number of primary amides is 1. The Labute approximate surface area is 177 Å². The number of fused-ring (bicyclic) bond motifs is 1. The van der Waals surface area contributed by atoms with Gasteiger partial charge in [-0.05, 0) is 44.6 Å². The van der Waals surface area contributed by atoms with Gasteiger partial charge in [-0.2, -0.15) is 11.3 Å². The molecule has 1 unspecified atom stereocenters. The van der Waals surface area contributed by atoms with Crippen LogP contribution in [-0.2, 0) is 17.9 Å². The number of carbonyl (C=O) groups excluding carboxylic acids is 2. The summed E-state index contributed by atoms with van der Waals surface area (Å²) in [5.41, 5.74) is 6.44. The van der Waals surface area contributed by atoms with Crippen molar-refractivity contribution in [2.45, 2.75) is 52.2 Å². The predicted octanol–water partition coefficient (Wildman–Crippen LogP) is 1.84. The maximum atomic E-state index is 13.1. The van der Waals surface area contributed by atoms with E-state index in [9.17, 15) is 14.4 Å². The Morgan fingerprint density at radius 2 is 2.07 bits per heavy atom. The van der Waals surface area contributed by atoms with E-state index in [0.717, 1.165) is 24.8 Å². The second-order valence-corrected chi connectivity index (χ2v) is 8.27. The zero-order valence-corrected chi connectivity index (χ0v) is 17.8. The van der Waals surface area contributed by atoms with Crippen LogP contribution >= 0.6 is 11.3 Å². The summed E-state index contributed by atoms with van der Waals surface area (Å²) >= 11 is 1.48. The lowest BCUT2D eigenvalue weighted by Gasteiger charge is -2.33. The van der Waals surface area contributed by atoms with E-state index >= 15 is 0 Å². The van der Waals surface area contributed by atoms with E-state index in [0.29, 0.717) is 24.6 Å². The molecule has 4 rings (SSSR count). The highest BCUT2D eigenvalue weighted by Gasteiger charge is 2.28. The quantitative estimate of drug-likeness (QED) is 0.666. The first kappa shape index (κ1) is 20.3. The standard InChI is InChI=1S/C20H24N6O3S/c1-3-24-19-16(15(17(21)28)22-18(23-19)13-7-9-30-11-13)26(20(24)29)10-14(27)25-8-5-4-6-12(25)2/h7,9,11-12H,3-6,8,10H2,1-2H3,(H2,21,28). The molecule has 3 aromatic rings. The highest BCUT2D eigenvalue weighted by Crippen LogP contribution is 2.24. The van der Waals surface area contributed by atoms with Gasteiger partial charge in [-0.15, -0.1) is 0 Å². The van der Waals surface area contributed by atoms with Crippen molar-refractivity contribution < 1.29 is 9.59 Å². The molecule has 4 heterocycles. The van der Waals surface area contributed by atoms with Gasteiger partial charge in [0, 0.05) is 30.1 Å². The molecular weight excluding hydrogens is 404 g/mol. The summed E-state index contributed by atoms with van der Waals surface area (Å²) in [5.74, 6) is -0.593. The maximum Gasteiger partial charge on any atom is 0.330 e. The minimum absolute atomic E-state index is 0.0509. The smallest absolute Gasteiger partial charge is 0.330 e. The topological polar surface area (TPSA) is 116 Å². The zero-order valence-electron chi connectivity index (χ0n) is 17.0. The van der Waals surface area contributed by atoms with Gasteiger partial charge in [-0.1, -0.05) is 0 Å². The number of thiophene rings is 1. The van der Waals surface area contributed by atoms with E-state index in [1.54, 1.807) is 4.90 Å². The SMILES string of the molecule is CCn1c(=O)n(CC(=O)N2CCCCC2C)c2c(C(N)=O)nc(-c3ccsc3)nc21. The molecule has 0 aromatic carbocycles. The van der Waals surface area contributed by atoms with Gasteiger partial charge < -0.3 is 10.6 Å². The predicted molar refractivity (Wildman–Crippen MR) is 114 cm³/mol. The highest BCUT2D eigenvalue weighted by molar-refractivity contribution is 7.08. The van der Waals surface area contributed by atoms with Gasteiger partial charge in [0.1, 0.15) is 12.1 Å². The fraction of sp³-hybridized carbons (Fsp3) is 0.450. The molecule has 0 bridgehead atoms. The molecule has 9 nitrogen and oxygen atoms in total. The van der Waals surface area contributed by atoms with Crippen LogP contribution in [0, 0.1) is 0 Å². The van der Waals surface area contributed by atoms with E-state index in [4.69, 9.17) is 5.73 Å². The number of aryl methyl sites for hydroxylation is 1. The van der Waals surface area contributed by atoms with Crippen molar-refractivity contribution in [2.75, 3.05) is 6.54 Å². The van der Waals surface area contributed by atoms with Crippen LogP contribution in [-0.4, -0.2) is 48.4 Å². The van der Waals surface area contributed by atoms with E-state index < -0.39 is 11.6 Å². The van der Waals surface area contributed by atoms with E-state index in [1.807, 2.05) is 30.7 Å². The molecule has 0 saturated carbocycles. The summed E-state index contributed by atoms with van der Waals surface area (Å²) in [7, 11) is 0. The Morgan fingerprint density at radius 3 is 2.70 bits per heavy atom. The summed E-state index contributed by atoms with van der Waals surface area (Å²) in [4.78, 5) is 49.1. The molecule has 30 heavy (non-hydrogen) atoms. The van der Waals surface area contributed by atoms with Crippen molar-refractivity contribution in [3.05, 3.63) is 33.0 Å². The lowest BCUT2D eigenvalue weighted by molar-refractivity contribution is -0.135. The first-order chi connectivity index (χ1) is 14.4. The number of nitrogens with zero attached hydrogens (tertiary/aromatic N) is 5. The van der Waals surface area contributed by atoms with Crippen LogP contribution in [0.25, 0.3) is 22.6 Å². The third-order valence-corrected chi connectivity index (χ3v) is 6.28. The fourth-order valence-electron chi connectivity index (χ4n) is 4.03. The van der Waals surface area contributed by atoms with Crippen LogP contribution in [0.1, 0.15) is 43.6 Å². The van der Waals surface area contributed by atoms with E-state index in [-0.39, 0.29) is 29.7 Å². The Morgan fingerprint density at radius 1 is 1.27 bits per heavy atom. The van der Waals surface area contributed by atoms with Crippen LogP contribution in [0.15, 0.2) is 21.6 Å². The Balaban J connectivity index is 1.87. The third-order valence-electron chi connectivity index (χ3n) is 5.60. The molecular formula is C20H24N6O3S. The number of hydrogen-bond acceptors (Lipinski definition) is 6. The normalized spacial score (nSPS) is 16.9. The van der Waals surface area contributed by atoms with Crippen LogP contribution in [0.4, 0.5) is 0 Å². The van der Waals surface area contributed by atoms with Gasteiger partial charge in [0.15, 0.2) is 17.2 Å². The van der Waals surface area contributed by atoms with Crippen molar-refractivity contribution in [3.63, 3.8) is 0 Å². The molecule has 158 valence electrons. The molecule has 0 aliphatic carbocycles. The number of carbonyl (C=O) groups is 2. The van der Waals surface area contributed by atoms with Gasteiger partial charge in [0.2, 0.25) is 5.91 Å². The number of rotatable bonds is 5. The number of aromatic nitrogens is 4. The van der Waals surface area contributed by atoms with Crippen molar-refractivity contribution in [2.24, 2.45) is 5.73 Å². The van der Waals surface area contributed by atoms with Crippen molar-refractivity contribution in [1.82, 2.24) is 24.0 Å². The largest absolute Gasteiger partial charge is 0.364 e. The lowest BCUT2D eigenvalue weighted by atomic mass is 10.0. The van der Waals surface area contributed by atoms with Crippen molar-refractivity contribution in [1.29, 1.82) is 0 Å². The van der Waals surface area contributed by atoms with Crippen molar-refractivity contribution in [3.8, 4) is 11.4 Å². The summed E-state index contributed by atoms with van der Waals surface area (Å²) in [6.45, 7) is 4.67. The van der Waals surface area contributed by atoms with E-state index in [2.05, 4.69) is 9.97 Å². The Kier molecular flexibility index (Phi) is 5.42. The highest BCUT2D eigenvalue weighted by atomic mass is 32.1. The van der Waals surface area contributed by atoms with Gasteiger partial charge in [0.05, 0.1) is 0 Å². The number of likely N-dealkylation sites (tertiary alicyclic amines) is 1. The molecule has 2 N–H and O–H groups in total. The summed E-state index contributed by atoms with van der Waals surface area (Å²) in [6.07, 6.45) is 2.98. The molecule has 1 atom stereocenters. The number of imidazole rings is 1. The lowest BCUT2D eigenvalue weighted by Crippen LogP contribution is -2.44. The summed E-state index contributed by atoms with van der Waals surface area (Å²) in [5, 5.41) is 3.74. The Hall–Kier alpha value is -3.01. The molecule has 2 amide bonds. The third kappa shape index (κ3) is 3.41. The minimum Gasteiger partial charge on any atom is -0.364 e. The molecule has 1 aliphatic rings. The van der Waals surface area contributed by atoms with Gasteiger partial charge in [-0.3, -0.25) is 18.7 Å². The number of nitrogens with two attached hydrogens (primary N) is 1. The van der Waals surface area contributed by atoms with Crippen LogP contribution in [0.5, 0.6) is 0 Å². The average molecular weight is 429 g/mol. The van der Waals surface area contributed by atoms with Gasteiger partial charge in [0.25, 0.3) is 5.91 Å².